The van der Waals surface area contributed by atoms with Crippen LogP contribution in [-0.2, 0) is 21.3 Å². The van der Waals surface area contributed by atoms with Gasteiger partial charge in [0.15, 0.2) is 9.84 Å². The molecule has 1 aliphatic rings. The molecule has 0 bridgehead atoms. The fourth-order valence-electron chi connectivity index (χ4n) is 3.13. The van der Waals surface area contributed by atoms with Crippen molar-refractivity contribution >= 4 is 21.6 Å². The van der Waals surface area contributed by atoms with Gasteiger partial charge in [-0.2, -0.15) is 5.10 Å². The average molecular weight is 367 g/mol. The zero-order valence-electron chi connectivity index (χ0n) is 14.1. The van der Waals surface area contributed by atoms with E-state index in [-0.39, 0.29) is 17.4 Å². The van der Waals surface area contributed by atoms with E-state index in [4.69, 9.17) is 0 Å². The van der Waals surface area contributed by atoms with Crippen LogP contribution in [0.5, 0.6) is 0 Å². The maximum atomic E-state index is 12.8. The molecule has 1 aromatic heterocycles. The minimum absolute atomic E-state index is 0.102. The molecular weight excluding hydrogens is 350 g/mol. The van der Waals surface area contributed by atoms with E-state index in [9.17, 15) is 13.2 Å². The number of nitrogens with zero attached hydrogens (tertiary/aromatic N) is 2. The fraction of sp³-hybridized carbons (Fsp3) is 0.158. The van der Waals surface area contributed by atoms with Gasteiger partial charge in [-0.25, -0.2) is 13.1 Å². The number of para-hydroxylation sites is 1. The van der Waals surface area contributed by atoms with Crippen LogP contribution in [0.2, 0.25) is 0 Å². The molecule has 0 fully saturated rings. The number of carbonyl (C=O) groups excluding carboxylic acids is 1. The third-order valence-electron chi connectivity index (χ3n) is 4.41. The normalized spacial score (nSPS) is 14.8. The smallest absolute Gasteiger partial charge is 0.257 e. The van der Waals surface area contributed by atoms with Gasteiger partial charge in [0.05, 0.1) is 22.9 Å². The largest absolute Gasteiger partial charge is 0.306 e. The first-order valence-corrected chi connectivity index (χ1v) is 10.0. The highest BCUT2D eigenvalue weighted by atomic mass is 32.2. The van der Waals surface area contributed by atoms with Gasteiger partial charge in [0.25, 0.3) is 5.91 Å². The molecule has 0 atom stereocenters. The molecule has 26 heavy (non-hydrogen) atoms. The van der Waals surface area contributed by atoms with Crippen LogP contribution >= 0.6 is 0 Å². The van der Waals surface area contributed by atoms with Gasteiger partial charge < -0.3 is 5.32 Å². The summed E-state index contributed by atoms with van der Waals surface area (Å²) < 4.78 is 25.6. The number of anilines is 1. The van der Waals surface area contributed by atoms with E-state index in [2.05, 4.69) is 10.4 Å². The summed E-state index contributed by atoms with van der Waals surface area (Å²) in [6.07, 6.45) is 0. The molecule has 2 aromatic carbocycles. The minimum Gasteiger partial charge on any atom is -0.306 e. The Bertz CT molecular complexity index is 1100. The van der Waals surface area contributed by atoms with Crippen molar-refractivity contribution in [3.05, 3.63) is 77.0 Å². The van der Waals surface area contributed by atoms with Crippen LogP contribution in [0.1, 0.15) is 27.2 Å². The van der Waals surface area contributed by atoms with Gasteiger partial charge in [-0.3, -0.25) is 4.79 Å². The number of carbonyl (C=O) groups is 1. The number of nitrogens with one attached hydrogen (secondary N) is 1. The lowest BCUT2D eigenvalue weighted by Crippen LogP contribution is -2.17. The highest BCUT2D eigenvalue weighted by Gasteiger charge is 2.33. The lowest BCUT2D eigenvalue weighted by Gasteiger charge is -2.12. The van der Waals surface area contributed by atoms with E-state index in [0.29, 0.717) is 22.6 Å². The monoisotopic (exact) mass is 367 g/mol. The third-order valence-corrected chi connectivity index (χ3v) is 5.85. The molecule has 1 amide bonds. The van der Waals surface area contributed by atoms with Crippen molar-refractivity contribution in [2.75, 3.05) is 5.32 Å². The molecule has 132 valence electrons. The molecule has 1 N–H and O–H groups in total. The van der Waals surface area contributed by atoms with Crippen molar-refractivity contribution in [2.45, 2.75) is 18.4 Å². The standard InChI is InChI=1S/C19H17N3O3S/c1-13-7-5-6-10-15(13)19(23)20-18-16-11-26(24,25)12-17(16)21-22(18)14-8-3-2-4-9-14/h2-10H,11-12H2,1H3,(H,20,23). The lowest BCUT2D eigenvalue weighted by molar-refractivity contribution is 0.102. The number of rotatable bonds is 3. The van der Waals surface area contributed by atoms with E-state index in [1.165, 1.54) is 0 Å². The van der Waals surface area contributed by atoms with Gasteiger partial charge in [0.1, 0.15) is 5.82 Å². The Morgan fingerprint density at radius 2 is 1.73 bits per heavy atom. The van der Waals surface area contributed by atoms with E-state index < -0.39 is 9.84 Å². The van der Waals surface area contributed by atoms with Crippen molar-refractivity contribution in [3.8, 4) is 5.69 Å². The molecule has 1 aliphatic heterocycles. The highest BCUT2D eigenvalue weighted by molar-refractivity contribution is 7.90. The van der Waals surface area contributed by atoms with Crippen LogP contribution in [0.4, 0.5) is 5.82 Å². The predicted molar refractivity (Wildman–Crippen MR) is 99.0 cm³/mol. The Morgan fingerprint density at radius 1 is 1.04 bits per heavy atom. The summed E-state index contributed by atoms with van der Waals surface area (Å²) in [5, 5.41) is 7.33. The van der Waals surface area contributed by atoms with E-state index in [1.807, 2.05) is 49.4 Å². The van der Waals surface area contributed by atoms with Crippen LogP contribution < -0.4 is 5.32 Å². The number of hydrogen-bond acceptors (Lipinski definition) is 4. The molecule has 2 heterocycles. The molecule has 0 saturated carbocycles. The van der Waals surface area contributed by atoms with Gasteiger partial charge >= 0.3 is 0 Å². The van der Waals surface area contributed by atoms with Crippen LogP contribution in [-0.4, -0.2) is 24.1 Å². The molecule has 0 spiro atoms. The summed E-state index contributed by atoms with van der Waals surface area (Å²) in [4.78, 5) is 12.8. The molecule has 4 rings (SSSR count). The summed E-state index contributed by atoms with van der Waals surface area (Å²) in [5.74, 6) is -0.0821. The summed E-state index contributed by atoms with van der Waals surface area (Å²) >= 11 is 0. The van der Waals surface area contributed by atoms with Crippen LogP contribution in [0.25, 0.3) is 5.69 Å². The summed E-state index contributed by atoms with van der Waals surface area (Å²) in [7, 11) is -3.22. The van der Waals surface area contributed by atoms with Crippen molar-refractivity contribution < 1.29 is 13.2 Å². The summed E-state index contributed by atoms with van der Waals surface area (Å²) in [6.45, 7) is 1.86. The Hall–Kier alpha value is -2.93. The predicted octanol–water partition coefficient (Wildman–Crippen LogP) is 2.86. The Balaban J connectivity index is 1.80. The molecular formula is C19H17N3O3S. The second-order valence-corrected chi connectivity index (χ2v) is 8.39. The Morgan fingerprint density at radius 3 is 2.46 bits per heavy atom. The topological polar surface area (TPSA) is 81.1 Å². The number of benzene rings is 2. The van der Waals surface area contributed by atoms with Crippen molar-refractivity contribution in [2.24, 2.45) is 0 Å². The van der Waals surface area contributed by atoms with E-state index in [0.717, 1.165) is 11.3 Å². The third kappa shape index (κ3) is 2.90. The van der Waals surface area contributed by atoms with Crippen LogP contribution in [0.15, 0.2) is 54.6 Å². The second-order valence-electron chi connectivity index (χ2n) is 6.32. The average Bonchev–Trinajstić information content (AvgIpc) is 3.09. The second kappa shape index (κ2) is 6.10. The van der Waals surface area contributed by atoms with Crippen molar-refractivity contribution in [3.63, 3.8) is 0 Å². The molecule has 3 aromatic rings. The zero-order valence-corrected chi connectivity index (χ0v) is 15.0. The molecule has 0 radical (unpaired) electrons. The summed E-state index contributed by atoms with van der Waals surface area (Å²) in [6, 6.07) is 16.6. The van der Waals surface area contributed by atoms with Gasteiger partial charge in [0.2, 0.25) is 0 Å². The number of aryl methyl sites for hydroxylation is 1. The zero-order chi connectivity index (χ0) is 18.3. The molecule has 6 nitrogen and oxygen atoms in total. The van der Waals surface area contributed by atoms with Crippen LogP contribution in [0, 0.1) is 6.92 Å². The fourth-order valence-corrected chi connectivity index (χ4v) is 4.62. The van der Waals surface area contributed by atoms with Crippen LogP contribution in [0.3, 0.4) is 0 Å². The molecule has 0 saturated heterocycles. The Labute approximate surface area is 151 Å². The van der Waals surface area contributed by atoms with Crippen molar-refractivity contribution in [1.29, 1.82) is 0 Å². The van der Waals surface area contributed by atoms with E-state index in [1.54, 1.807) is 16.8 Å². The van der Waals surface area contributed by atoms with Gasteiger partial charge in [0, 0.05) is 11.1 Å². The first-order valence-electron chi connectivity index (χ1n) is 8.18. The molecule has 0 unspecified atom stereocenters. The minimum atomic E-state index is -3.22. The SMILES string of the molecule is Cc1ccccc1C(=O)Nc1c2c(nn1-c1ccccc1)CS(=O)(=O)C2. The Kier molecular flexibility index (Phi) is 3.88. The first kappa shape index (κ1) is 16.5. The summed E-state index contributed by atoms with van der Waals surface area (Å²) in [5.41, 5.74) is 3.21. The molecule has 0 aliphatic carbocycles. The number of aromatic nitrogens is 2. The molecule has 7 heteroatoms. The number of sulfone groups is 1. The maximum absolute atomic E-state index is 12.8. The van der Waals surface area contributed by atoms with E-state index >= 15 is 0 Å². The lowest BCUT2D eigenvalue weighted by atomic mass is 10.1. The number of fused-ring (bicyclic) bond motifs is 1. The number of amides is 1. The first-order chi connectivity index (χ1) is 12.4. The maximum Gasteiger partial charge on any atom is 0.257 e. The van der Waals surface area contributed by atoms with Gasteiger partial charge in [-0.05, 0) is 30.7 Å². The van der Waals surface area contributed by atoms with Gasteiger partial charge in [-0.15, -0.1) is 0 Å². The number of hydrogen-bond donors (Lipinski definition) is 1. The van der Waals surface area contributed by atoms with Crippen molar-refractivity contribution in [1.82, 2.24) is 9.78 Å². The van der Waals surface area contributed by atoms with Gasteiger partial charge in [-0.1, -0.05) is 36.4 Å². The highest BCUT2D eigenvalue weighted by Crippen LogP contribution is 2.33. The quantitative estimate of drug-likeness (QED) is 0.772.